The maximum Gasteiger partial charge on any atom is 0.243 e. The second-order valence-electron chi connectivity index (χ2n) is 23.6. The minimum atomic E-state index is -0.823. The first-order valence-electron chi connectivity index (χ1n) is 29.1. The SMILES string of the molecule is CC(C)[C@H](C(=O)N1C[C@H](O)C[C@H]1C(=O)N[C@@H](C)c1ccc(-n2ccnc2N)cc1)c1cc(N2CCC(CN3CCC(OC4CC(Oc5cc(N6C7CC[C@@H]6CN(c6cc(-c8ccccc8O)nnc6N)C7)ccn5)C4)CC3)CC2)no1. The lowest BCUT2D eigenvalue weighted by Crippen LogP contribution is -2.54. The molecule has 1 aliphatic carbocycles. The number of piperidine rings is 2. The lowest BCUT2D eigenvalue weighted by Gasteiger charge is -2.43. The molecule has 5 aliphatic heterocycles. The first-order valence-corrected chi connectivity index (χ1v) is 29.1. The zero-order valence-corrected chi connectivity index (χ0v) is 46.5. The fourth-order valence-electron chi connectivity index (χ4n) is 13.4. The summed E-state index contributed by atoms with van der Waals surface area (Å²) in [6, 6.07) is 22.3. The molecule has 5 saturated heterocycles. The third-order valence-corrected chi connectivity index (χ3v) is 17.9. The number of benzene rings is 2. The Morgan fingerprint density at radius 3 is 2.26 bits per heavy atom. The van der Waals surface area contributed by atoms with Gasteiger partial charge >= 0.3 is 0 Å². The number of phenolic OH excluding ortho intramolecular Hbond substituents is 1. The van der Waals surface area contributed by atoms with E-state index in [2.05, 4.69) is 62.4 Å². The number of anilines is 5. The minimum absolute atomic E-state index is 0.0687. The Labute approximate surface area is 472 Å². The largest absolute Gasteiger partial charge is 0.507 e. The van der Waals surface area contributed by atoms with E-state index in [1.54, 1.807) is 29.1 Å². The van der Waals surface area contributed by atoms with Gasteiger partial charge in [0.2, 0.25) is 23.6 Å². The molecule has 6 aliphatic rings. The number of ether oxygens (including phenoxy) is 2. The van der Waals surface area contributed by atoms with Gasteiger partial charge in [-0.1, -0.05) is 43.3 Å². The van der Waals surface area contributed by atoms with Crippen LogP contribution in [0.4, 0.5) is 29.0 Å². The number of nitrogens with two attached hydrogens (primary N) is 2. The summed E-state index contributed by atoms with van der Waals surface area (Å²) in [6.45, 7) is 12.3. The molecular weight excluding hydrogens is 1030 g/mol. The quantitative estimate of drug-likeness (QED) is 0.0669. The second-order valence-corrected chi connectivity index (χ2v) is 23.6. The van der Waals surface area contributed by atoms with Gasteiger partial charge in [0.1, 0.15) is 23.8 Å². The first-order chi connectivity index (χ1) is 39.3. The Kier molecular flexibility index (Phi) is 15.5. The number of carbonyl (C=O) groups excluding carboxylic acids is 2. The number of aromatic hydroxyl groups is 1. The van der Waals surface area contributed by atoms with Gasteiger partial charge < -0.3 is 65.5 Å². The molecule has 428 valence electrons. The second kappa shape index (κ2) is 23.2. The van der Waals surface area contributed by atoms with Crippen molar-refractivity contribution in [1.82, 2.24) is 45.0 Å². The van der Waals surface area contributed by atoms with E-state index in [0.29, 0.717) is 52.7 Å². The third-order valence-electron chi connectivity index (χ3n) is 17.9. The van der Waals surface area contributed by atoms with Gasteiger partial charge in [-0.2, -0.15) is 0 Å². The summed E-state index contributed by atoms with van der Waals surface area (Å²) in [5, 5.41) is 37.4. The van der Waals surface area contributed by atoms with Crippen molar-refractivity contribution in [1.29, 1.82) is 0 Å². The molecule has 0 radical (unpaired) electrons. The number of para-hydroxylation sites is 1. The number of aliphatic hydroxyl groups excluding tert-OH is 1. The van der Waals surface area contributed by atoms with Crippen LogP contribution in [0.5, 0.6) is 11.6 Å². The molecule has 12 rings (SSSR count). The molecule has 2 amide bonds. The summed E-state index contributed by atoms with van der Waals surface area (Å²) >= 11 is 0. The van der Waals surface area contributed by atoms with Gasteiger partial charge in [0, 0.05) is 131 Å². The van der Waals surface area contributed by atoms with Gasteiger partial charge in [-0.25, -0.2) is 9.97 Å². The molecule has 4 aromatic heterocycles. The van der Waals surface area contributed by atoms with Gasteiger partial charge in [0.25, 0.3) is 0 Å². The maximum absolute atomic E-state index is 14.4. The number of amides is 2. The van der Waals surface area contributed by atoms with Crippen LogP contribution in [-0.2, 0) is 14.3 Å². The molecule has 7 N–H and O–H groups in total. The lowest BCUT2D eigenvalue weighted by atomic mass is 9.91. The van der Waals surface area contributed by atoms with E-state index in [-0.39, 0.29) is 60.8 Å². The van der Waals surface area contributed by atoms with Gasteiger partial charge in [-0.05, 0) is 99.2 Å². The molecular formula is C60H76N14O7. The number of hydrogen-bond donors (Lipinski definition) is 5. The molecule has 6 atom stereocenters. The molecule has 6 aromatic rings. The summed E-state index contributed by atoms with van der Waals surface area (Å²) < 4.78 is 20.8. The number of imidazole rings is 1. The zero-order valence-electron chi connectivity index (χ0n) is 46.5. The van der Waals surface area contributed by atoms with E-state index in [0.717, 1.165) is 126 Å². The summed E-state index contributed by atoms with van der Waals surface area (Å²) in [4.78, 5) is 48.1. The Morgan fingerprint density at radius 2 is 1.54 bits per heavy atom. The van der Waals surface area contributed by atoms with Crippen LogP contribution in [0.2, 0.25) is 0 Å². The molecule has 21 heteroatoms. The van der Waals surface area contributed by atoms with Gasteiger partial charge in [0.05, 0.1) is 35.7 Å². The fourth-order valence-corrected chi connectivity index (χ4v) is 13.4. The molecule has 2 bridgehead atoms. The smallest absolute Gasteiger partial charge is 0.243 e. The van der Waals surface area contributed by atoms with Crippen LogP contribution in [0.1, 0.15) is 102 Å². The van der Waals surface area contributed by atoms with Crippen molar-refractivity contribution in [3.8, 4) is 28.6 Å². The molecule has 1 saturated carbocycles. The zero-order chi connectivity index (χ0) is 55.9. The minimum Gasteiger partial charge on any atom is -0.507 e. The highest BCUT2D eigenvalue weighted by atomic mass is 16.5. The number of β-amino-alcohol motifs (C(OH)–C–C–N with tert-alkyl or cyclic N) is 1. The van der Waals surface area contributed by atoms with Crippen LogP contribution in [0, 0.1) is 11.8 Å². The van der Waals surface area contributed by atoms with Crippen LogP contribution in [-0.4, -0.2) is 157 Å². The summed E-state index contributed by atoms with van der Waals surface area (Å²) in [6.07, 6.45) is 13.2. The van der Waals surface area contributed by atoms with Crippen molar-refractivity contribution in [2.75, 3.05) is 78.5 Å². The van der Waals surface area contributed by atoms with Crippen LogP contribution in [0.25, 0.3) is 16.9 Å². The number of pyridine rings is 1. The van der Waals surface area contributed by atoms with E-state index < -0.39 is 18.1 Å². The Bertz CT molecular complexity index is 3140. The Hall–Kier alpha value is -7.49. The molecule has 81 heavy (non-hydrogen) atoms. The van der Waals surface area contributed by atoms with Crippen molar-refractivity contribution in [2.45, 2.75) is 133 Å². The highest BCUT2D eigenvalue weighted by Crippen LogP contribution is 2.41. The standard InChI is InChI=1S/C60H76N14O7/c1-36(2)56(59(78)73-35-44(75)27-51(73)58(77)65-37(3)39-8-10-40(11-9-39)72-25-20-64-60(72)62)53-31-54(68-81-53)70-23-15-38(16-24-70)32-69-21-17-45(18-22-69)79-46-28-47(29-46)80-55-26-41(14-19-63-55)74-42-12-13-43(74)34-71(33-42)50-30-49(66-67-57(50)61)48-6-4-5-7-52(48)76/h4-11,14,19-20,25-26,30-31,36-38,42-47,51,56,75-76H,12-13,15-18,21-24,27-29,32-35H2,1-3H3,(H2,61,67)(H2,62,64)(H,65,77)/t37-,42+,43?,44+,46?,47?,51-,56-/m0/s1. The molecule has 1 unspecified atom stereocenters. The molecule has 9 heterocycles. The number of nitrogens with zero attached hydrogens (tertiary/aromatic N) is 11. The summed E-state index contributed by atoms with van der Waals surface area (Å²) in [5.41, 5.74) is 17.3. The summed E-state index contributed by atoms with van der Waals surface area (Å²) in [7, 11) is 0. The predicted octanol–water partition coefficient (Wildman–Crippen LogP) is 6.33. The average molecular weight is 1110 g/mol. The van der Waals surface area contributed by atoms with E-state index >= 15 is 0 Å². The average Bonchev–Trinajstić information content (AvgIpc) is 4.30. The normalized spacial score (nSPS) is 24.4. The first kappa shape index (κ1) is 54.1. The van der Waals surface area contributed by atoms with E-state index in [1.165, 1.54) is 4.90 Å². The number of piperazine rings is 1. The highest BCUT2D eigenvalue weighted by molar-refractivity contribution is 5.91. The van der Waals surface area contributed by atoms with Crippen molar-refractivity contribution in [3.63, 3.8) is 0 Å². The van der Waals surface area contributed by atoms with Crippen LogP contribution in [0.3, 0.4) is 0 Å². The monoisotopic (exact) mass is 1100 g/mol. The van der Waals surface area contributed by atoms with Crippen molar-refractivity contribution >= 4 is 40.8 Å². The third kappa shape index (κ3) is 11.6. The molecule has 2 aromatic carbocycles. The van der Waals surface area contributed by atoms with Crippen LogP contribution >= 0.6 is 0 Å². The number of rotatable bonds is 17. The predicted molar refractivity (Wildman–Crippen MR) is 307 cm³/mol. The molecule has 21 nitrogen and oxygen atoms in total. The van der Waals surface area contributed by atoms with Crippen molar-refractivity contribution in [3.05, 3.63) is 103 Å². The number of nitrogen functional groups attached to an aromatic ring is 2. The number of likely N-dealkylation sites (tertiary alicyclic amines) is 2. The molecule has 0 spiro atoms. The van der Waals surface area contributed by atoms with Gasteiger partial charge in [-0.15, -0.1) is 10.2 Å². The van der Waals surface area contributed by atoms with Gasteiger partial charge in [-0.3, -0.25) is 14.2 Å². The van der Waals surface area contributed by atoms with Crippen molar-refractivity contribution in [2.24, 2.45) is 11.8 Å². The fraction of sp³-hybridized carbons (Fsp3) is 0.517. The Balaban J connectivity index is 0.564. The topological polar surface area (TPSA) is 256 Å². The lowest BCUT2D eigenvalue weighted by molar-refractivity contribution is -0.141. The number of nitrogens with one attached hydrogen (secondary N) is 1. The number of phenols is 1. The van der Waals surface area contributed by atoms with Crippen molar-refractivity contribution < 1.29 is 33.8 Å². The Morgan fingerprint density at radius 1 is 0.790 bits per heavy atom. The number of aliphatic hydroxyl groups is 1. The maximum atomic E-state index is 14.4. The van der Waals surface area contributed by atoms with Crippen LogP contribution in [0.15, 0.2) is 95.9 Å². The van der Waals surface area contributed by atoms with E-state index in [4.69, 9.17) is 25.5 Å². The van der Waals surface area contributed by atoms with Gasteiger partial charge in [0.15, 0.2) is 17.4 Å². The number of carbonyl (C=O) groups is 2. The summed E-state index contributed by atoms with van der Waals surface area (Å²) in [5.74, 6) is 2.00. The van der Waals surface area contributed by atoms with E-state index in [9.17, 15) is 19.8 Å². The van der Waals surface area contributed by atoms with E-state index in [1.807, 2.05) is 75.5 Å². The number of aromatic nitrogens is 6. The molecule has 6 fully saturated rings. The number of hydrogen-bond acceptors (Lipinski definition) is 18. The van der Waals surface area contributed by atoms with Crippen LogP contribution < -0.4 is 36.2 Å². The highest BCUT2D eigenvalue weighted by Gasteiger charge is 2.45. The number of fused-ring (bicyclic) bond motifs is 2.